The zero-order valence-corrected chi connectivity index (χ0v) is 14.5. The van der Waals surface area contributed by atoms with Crippen molar-refractivity contribution in [2.45, 2.75) is 11.3 Å². The number of hydrogen-bond donors (Lipinski definition) is 3. The number of nitrogens with two attached hydrogens (primary N) is 1. The second-order valence-electron chi connectivity index (χ2n) is 4.70. The molecule has 118 valence electrons. The third kappa shape index (κ3) is 3.68. The Kier molecular flexibility index (Phi) is 5.24. The second kappa shape index (κ2) is 6.80. The Labute approximate surface area is 142 Å². The van der Waals surface area contributed by atoms with Gasteiger partial charge in [-0.25, -0.2) is 0 Å². The average molecular weight is 434 g/mol. The molecule has 0 aliphatic rings. The predicted octanol–water partition coefficient (Wildman–Crippen LogP) is 1.76. The van der Waals surface area contributed by atoms with Gasteiger partial charge >= 0.3 is 0 Å². The van der Waals surface area contributed by atoms with Crippen LogP contribution in [-0.4, -0.2) is 29.9 Å². The van der Waals surface area contributed by atoms with Crippen LogP contribution in [0, 0.1) is 0 Å². The molecule has 1 amide bonds. The molecule has 0 bridgehead atoms. The SMILES string of the molecule is Nc1ccc2c(CCNC(=O)CI)cccc2c1S(=O)(=O)O. The van der Waals surface area contributed by atoms with Crippen molar-refractivity contribution in [2.75, 3.05) is 16.7 Å². The molecule has 8 heteroatoms. The van der Waals surface area contributed by atoms with Crippen LogP contribution in [0.15, 0.2) is 35.2 Å². The van der Waals surface area contributed by atoms with E-state index in [1.807, 2.05) is 28.7 Å². The van der Waals surface area contributed by atoms with E-state index in [2.05, 4.69) is 5.32 Å². The van der Waals surface area contributed by atoms with Crippen molar-refractivity contribution in [2.24, 2.45) is 0 Å². The Balaban J connectivity index is 2.44. The van der Waals surface area contributed by atoms with E-state index in [9.17, 15) is 17.8 Å². The zero-order chi connectivity index (χ0) is 16.3. The number of anilines is 1. The lowest BCUT2D eigenvalue weighted by molar-refractivity contribution is -0.118. The predicted molar refractivity (Wildman–Crippen MR) is 93.8 cm³/mol. The quantitative estimate of drug-likeness (QED) is 0.288. The smallest absolute Gasteiger partial charge is 0.297 e. The monoisotopic (exact) mass is 434 g/mol. The summed E-state index contributed by atoms with van der Waals surface area (Å²) in [6.07, 6.45) is 0.550. The van der Waals surface area contributed by atoms with Gasteiger partial charge < -0.3 is 11.1 Å². The maximum Gasteiger partial charge on any atom is 0.297 e. The minimum absolute atomic E-state index is 0.00497. The van der Waals surface area contributed by atoms with Crippen molar-refractivity contribution in [1.82, 2.24) is 5.32 Å². The van der Waals surface area contributed by atoms with Gasteiger partial charge in [0.25, 0.3) is 10.1 Å². The second-order valence-corrected chi connectivity index (χ2v) is 6.83. The lowest BCUT2D eigenvalue weighted by Crippen LogP contribution is -2.26. The van der Waals surface area contributed by atoms with Gasteiger partial charge in [-0.1, -0.05) is 46.9 Å². The highest BCUT2D eigenvalue weighted by Crippen LogP contribution is 2.30. The molecular weight excluding hydrogens is 419 g/mol. The number of nitrogens with one attached hydrogen (secondary N) is 1. The summed E-state index contributed by atoms with van der Waals surface area (Å²) in [6, 6.07) is 8.32. The van der Waals surface area contributed by atoms with Crippen molar-refractivity contribution in [3.05, 3.63) is 35.9 Å². The number of carbonyl (C=O) groups excluding carboxylic acids is 1. The number of halogens is 1. The normalized spacial score (nSPS) is 11.5. The van der Waals surface area contributed by atoms with Crippen molar-refractivity contribution >= 4 is 55.1 Å². The molecule has 6 nitrogen and oxygen atoms in total. The van der Waals surface area contributed by atoms with Crippen molar-refractivity contribution in [3.8, 4) is 0 Å². The first-order chi connectivity index (χ1) is 10.3. The first-order valence-corrected chi connectivity index (χ1v) is 9.41. The number of benzene rings is 2. The van der Waals surface area contributed by atoms with Gasteiger partial charge in [0.2, 0.25) is 5.91 Å². The standard InChI is InChI=1S/C14H15IN2O4S/c15-8-13(18)17-7-6-9-2-1-3-11-10(9)4-5-12(16)14(11)22(19,20)21/h1-5H,6-8,16H2,(H,17,18)(H,19,20,21). The molecule has 0 aliphatic carbocycles. The molecule has 0 saturated carbocycles. The number of nitrogen functional groups attached to an aromatic ring is 1. The van der Waals surface area contributed by atoms with Crippen molar-refractivity contribution in [1.29, 1.82) is 0 Å². The van der Waals surface area contributed by atoms with Crippen LogP contribution in [0.3, 0.4) is 0 Å². The number of rotatable bonds is 5. The fraction of sp³-hybridized carbons (Fsp3) is 0.214. The molecule has 0 aliphatic heterocycles. The number of alkyl halides is 1. The molecule has 4 N–H and O–H groups in total. The summed E-state index contributed by atoms with van der Waals surface area (Å²) in [6.45, 7) is 0.451. The van der Waals surface area contributed by atoms with Crippen LogP contribution in [0.1, 0.15) is 5.56 Å². The third-order valence-electron chi connectivity index (χ3n) is 3.23. The van der Waals surface area contributed by atoms with E-state index >= 15 is 0 Å². The van der Waals surface area contributed by atoms with Crippen LogP contribution in [0.2, 0.25) is 0 Å². The number of hydrogen-bond acceptors (Lipinski definition) is 4. The molecule has 0 spiro atoms. The number of amides is 1. The lowest BCUT2D eigenvalue weighted by Gasteiger charge is -2.11. The molecule has 0 aromatic heterocycles. The summed E-state index contributed by atoms with van der Waals surface area (Å²) >= 11 is 1.98. The van der Waals surface area contributed by atoms with E-state index in [0.717, 1.165) is 5.56 Å². The van der Waals surface area contributed by atoms with E-state index in [1.54, 1.807) is 18.2 Å². The zero-order valence-electron chi connectivity index (χ0n) is 11.5. The minimum atomic E-state index is -4.41. The molecule has 0 radical (unpaired) electrons. The Morgan fingerprint density at radius 3 is 2.59 bits per heavy atom. The van der Waals surface area contributed by atoms with E-state index < -0.39 is 10.1 Å². The minimum Gasteiger partial charge on any atom is -0.398 e. The van der Waals surface area contributed by atoms with Gasteiger partial charge in [0.15, 0.2) is 0 Å². The van der Waals surface area contributed by atoms with Gasteiger partial charge in [0, 0.05) is 11.9 Å². The van der Waals surface area contributed by atoms with E-state index in [-0.39, 0.29) is 16.5 Å². The Morgan fingerprint density at radius 1 is 1.23 bits per heavy atom. The highest BCUT2D eigenvalue weighted by atomic mass is 127. The highest BCUT2D eigenvalue weighted by Gasteiger charge is 2.18. The highest BCUT2D eigenvalue weighted by molar-refractivity contribution is 14.1. The molecular formula is C14H15IN2O4S. The summed E-state index contributed by atoms with van der Waals surface area (Å²) in [7, 11) is -4.41. The van der Waals surface area contributed by atoms with Crippen LogP contribution >= 0.6 is 22.6 Å². The van der Waals surface area contributed by atoms with Crippen molar-refractivity contribution < 1.29 is 17.8 Å². The van der Waals surface area contributed by atoms with E-state index in [1.165, 1.54) is 6.07 Å². The molecule has 0 saturated heterocycles. The van der Waals surface area contributed by atoms with Gasteiger partial charge in [-0.2, -0.15) is 8.42 Å². The maximum atomic E-state index is 11.5. The third-order valence-corrected chi connectivity index (χ3v) is 4.89. The van der Waals surface area contributed by atoms with Crippen LogP contribution in [0.4, 0.5) is 5.69 Å². The molecule has 0 atom stereocenters. The van der Waals surface area contributed by atoms with E-state index in [0.29, 0.717) is 28.2 Å². The summed E-state index contributed by atoms with van der Waals surface area (Å²) in [5.41, 5.74) is 6.56. The Hall–Kier alpha value is -1.39. The van der Waals surface area contributed by atoms with E-state index in [4.69, 9.17) is 5.73 Å². The fourth-order valence-electron chi connectivity index (χ4n) is 2.30. The van der Waals surface area contributed by atoms with Crippen LogP contribution in [0.25, 0.3) is 10.8 Å². The Morgan fingerprint density at radius 2 is 1.95 bits per heavy atom. The molecule has 2 rings (SSSR count). The summed E-state index contributed by atoms with van der Waals surface area (Å²) in [5.74, 6) is -0.0521. The van der Waals surface area contributed by atoms with Gasteiger partial charge in [-0.05, 0) is 23.4 Å². The summed E-state index contributed by atoms with van der Waals surface area (Å²) in [4.78, 5) is 11.0. The topological polar surface area (TPSA) is 109 Å². The first-order valence-electron chi connectivity index (χ1n) is 6.45. The summed E-state index contributed by atoms with van der Waals surface area (Å²) in [5, 5.41) is 3.83. The van der Waals surface area contributed by atoms with Gasteiger partial charge in [0.1, 0.15) is 4.90 Å². The molecule has 0 fully saturated rings. The Bertz CT molecular complexity index is 821. The lowest BCUT2D eigenvalue weighted by atomic mass is 10.0. The molecule has 22 heavy (non-hydrogen) atoms. The van der Waals surface area contributed by atoms with Gasteiger partial charge in [-0.3, -0.25) is 9.35 Å². The molecule has 0 heterocycles. The van der Waals surface area contributed by atoms with Crippen LogP contribution < -0.4 is 11.1 Å². The van der Waals surface area contributed by atoms with Gasteiger partial charge in [0.05, 0.1) is 10.1 Å². The van der Waals surface area contributed by atoms with Crippen LogP contribution in [-0.2, 0) is 21.3 Å². The first kappa shape index (κ1) is 17.0. The fourth-order valence-corrected chi connectivity index (χ4v) is 3.39. The molecule has 2 aromatic carbocycles. The number of carbonyl (C=O) groups is 1. The average Bonchev–Trinajstić information content (AvgIpc) is 2.45. The largest absolute Gasteiger partial charge is 0.398 e. The maximum absolute atomic E-state index is 11.5. The molecule has 2 aromatic rings. The van der Waals surface area contributed by atoms with Gasteiger partial charge in [-0.15, -0.1) is 0 Å². The molecule has 0 unspecified atom stereocenters. The summed E-state index contributed by atoms with van der Waals surface area (Å²) < 4.78 is 32.8. The van der Waals surface area contributed by atoms with Crippen LogP contribution in [0.5, 0.6) is 0 Å². The van der Waals surface area contributed by atoms with Crippen molar-refractivity contribution in [3.63, 3.8) is 0 Å². The number of fused-ring (bicyclic) bond motifs is 1.